The molecule has 2 aliphatic heterocycles. The molecule has 2 fully saturated rings. The molecule has 0 saturated carbocycles. The fourth-order valence-electron chi connectivity index (χ4n) is 4.92. The molecule has 4 rings (SSSR count). The first-order valence-corrected chi connectivity index (χ1v) is 18.0. The van der Waals surface area contributed by atoms with Crippen LogP contribution < -0.4 is 9.47 Å². The van der Waals surface area contributed by atoms with Crippen LogP contribution in [0.3, 0.4) is 0 Å². The average Bonchev–Trinajstić information content (AvgIpc) is 3.65. The van der Waals surface area contributed by atoms with Gasteiger partial charge < -0.3 is 39.7 Å². The minimum absolute atomic E-state index is 0.0399. The molecule has 2 aromatic carbocycles. The molecular weight excluding hydrogens is 653 g/mol. The van der Waals surface area contributed by atoms with Crippen molar-refractivity contribution in [1.29, 1.82) is 0 Å². The minimum Gasteiger partial charge on any atom is -0.504 e. The van der Waals surface area contributed by atoms with Gasteiger partial charge in [-0.05, 0) is 12.1 Å². The molecule has 4 N–H and O–H groups in total. The summed E-state index contributed by atoms with van der Waals surface area (Å²) in [6.07, 6.45) is 0.0798. The Labute approximate surface area is 270 Å². The molecule has 0 aromatic heterocycles. The predicted molar refractivity (Wildman–Crippen MR) is 170 cm³/mol. The highest BCUT2D eigenvalue weighted by atomic mass is 33.1. The molecule has 0 aliphatic carbocycles. The van der Waals surface area contributed by atoms with E-state index in [9.17, 15) is 39.6 Å². The topological polar surface area (TPSA) is 174 Å². The summed E-state index contributed by atoms with van der Waals surface area (Å²) in [5, 5.41) is 39.3. The van der Waals surface area contributed by atoms with Crippen LogP contribution in [0.5, 0.6) is 23.0 Å². The van der Waals surface area contributed by atoms with Gasteiger partial charge in [0.15, 0.2) is 23.0 Å². The molecule has 2 heterocycles. The number of benzene rings is 2. The summed E-state index contributed by atoms with van der Waals surface area (Å²) < 4.78 is 10.3. The largest absolute Gasteiger partial charge is 0.504 e. The Morgan fingerprint density at radius 3 is 1.48 bits per heavy atom. The molecular formula is C28H32N2O10S4. The molecule has 0 spiro atoms. The van der Waals surface area contributed by atoms with E-state index in [1.165, 1.54) is 69.1 Å². The maximum atomic E-state index is 13.2. The quantitative estimate of drug-likeness (QED) is 0.176. The van der Waals surface area contributed by atoms with Gasteiger partial charge >= 0.3 is 11.9 Å². The molecule has 0 bridgehead atoms. The average molecular weight is 685 g/mol. The van der Waals surface area contributed by atoms with Crippen LogP contribution in [-0.4, -0.2) is 103 Å². The number of aromatic hydroxyl groups is 2. The lowest BCUT2D eigenvalue weighted by atomic mass is 10.1. The molecule has 2 unspecified atom stereocenters. The Morgan fingerprint density at radius 1 is 0.750 bits per heavy atom. The molecule has 238 valence electrons. The van der Waals surface area contributed by atoms with Crippen LogP contribution in [0, 0.1) is 0 Å². The fraction of sp³-hybridized carbons (Fsp3) is 0.429. The lowest BCUT2D eigenvalue weighted by Crippen LogP contribution is -2.43. The number of ether oxygens (including phenoxy) is 2. The number of hydrogen-bond acceptors (Lipinski definition) is 12. The standard InChI is InChI=1S/C28H32N2O10S4/c1-39-19-7-3-5-15(23(19)33)25-29(17(13-41-25)27(35)36)21(31)9-11-43-44-12-10-22(32)30-18(28(37)38)14-42-26(30)16-6-4-8-20(40-2)24(16)34/h3-8,17-18,25-26,33-34H,9-14H2,1-2H3,(H,35,36)(H,37,38)/t17-,18-,25?,26?/m0/s1. The number of hydrogen-bond donors (Lipinski definition) is 4. The zero-order valence-electron chi connectivity index (χ0n) is 23.8. The molecule has 2 aliphatic rings. The van der Waals surface area contributed by atoms with Crippen molar-refractivity contribution in [2.45, 2.75) is 35.7 Å². The van der Waals surface area contributed by atoms with E-state index in [1.807, 2.05) is 0 Å². The van der Waals surface area contributed by atoms with Crippen molar-refractivity contribution >= 4 is 68.9 Å². The van der Waals surface area contributed by atoms with Gasteiger partial charge in [0.05, 0.1) is 14.2 Å². The Bertz CT molecular complexity index is 1290. The monoisotopic (exact) mass is 684 g/mol. The lowest BCUT2D eigenvalue weighted by molar-refractivity contribution is -0.149. The third-order valence-electron chi connectivity index (χ3n) is 7.06. The second-order valence-electron chi connectivity index (χ2n) is 9.62. The van der Waals surface area contributed by atoms with E-state index in [-0.39, 0.29) is 59.2 Å². The molecule has 2 saturated heterocycles. The number of carbonyl (C=O) groups excluding carboxylic acids is 2. The molecule has 44 heavy (non-hydrogen) atoms. The number of phenolic OH excluding ortho intramolecular Hbond substituents is 2. The Morgan fingerprint density at radius 2 is 1.14 bits per heavy atom. The summed E-state index contributed by atoms with van der Waals surface area (Å²) >= 11 is 2.51. The molecule has 0 radical (unpaired) electrons. The van der Waals surface area contributed by atoms with Gasteiger partial charge in [-0.25, -0.2) is 9.59 Å². The number of rotatable bonds is 13. The van der Waals surface area contributed by atoms with E-state index >= 15 is 0 Å². The maximum Gasteiger partial charge on any atom is 0.327 e. The van der Waals surface area contributed by atoms with Gasteiger partial charge in [-0.3, -0.25) is 9.59 Å². The molecule has 2 amide bonds. The van der Waals surface area contributed by atoms with Crippen molar-refractivity contribution in [2.24, 2.45) is 0 Å². The number of thioether (sulfide) groups is 2. The zero-order chi connectivity index (χ0) is 32.0. The summed E-state index contributed by atoms with van der Waals surface area (Å²) in [6.45, 7) is 0. The van der Waals surface area contributed by atoms with Crippen LogP contribution in [0.15, 0.2) is 36.4 Å². The Hall–Kier alpha value is -3.08. The fourth-order valence-corrected chi connectivity index (χ4v) is 9.81. The summed E-state index contributed by atoms with van der Waals surface area (Å²) in [7, 11) is 5.51. The number of para-hydroxylation sites is 2. The van der Waals surface area contributed by atoms with E-state index in [2.05, 4.69) is 0 Å². The number of aliphatic carboxylic acids is 2. The van der Waals surface area contributed by atoms with Gasteiger partial charge in [0.25, 0.3) is 0 Å². The highest BCUT2D eigenvalue weighted by Crippen LogP contribution is 2.48. The zero-order valence-corrected chi connectivity index (χ0v) is 27.0. The van der Waals surface area contributed by atoms with Crippen LogP contribution in [-0.2, 0) is 19.2 Å². The van der Waals surface area contributed by atoms with Crippen LogP contribution in [0.25, 0.3) is 0 Å². The van der Waals surface area contributed by atoms with Gasteiger partial charge in [0, 0.05) is 47.0 Å². The van der Waals surface area contributed by atoms with Crippen molar-refractivity contribution in [2.75, 3.05) is 37.2 Å². The third-order valence-corrected chi connectivity index (χ3v) is 12.1. The predicted octanol–water partition coefficient (Wildman–Crippen LogP) is 4.03. The number of amides is 2. The first-order valence-electron chi connectivity index (χ1n) is 13.4. The van der Waals surface area contributed by atoms with Gasteiger partial charge in [-0.15, -0.1) is 23.5 Å². The van der Waals surface area contributed by atoms with Gasteiger partial charge in [0.1, 0.15) is 22.8 Å². The van der Waals surface area contributed by atoms with E-state index in [1.54, 1.807) is 36.4 Å². The van der Waals surface area contributed by atoms with Crippen molar-refractivity contribution in [1.82, 2.24) is 9.80 Å². The molecule has 2 aromatic rings. The van der Waals surface area contributed by atoms with Crippen molar-refractivity contribution in [3.8, 4) is 23.0 Å². The highest BCUT2D eigenvalue weighted by Gasteiger charge is 2.44. The number of carboxylic acids is 2. The SMILES string of the molecule is COc1cccc(C2SC[C@@H](C(=O)O)N2C(=O)CCSSCCC(=O)N2C(c3cccc(OC)c3O)SC[C@H]2C(=O)O)c1O. The minimum atomic E-state index is -1.13. The number of carbonyl (C=O) groups is 4. The van der Waals surface area contributed by atoms with Gasteiger partial charge in [-0.1, -0.05) is 45.9 Å². The number of methoxy groups -OCH3 is 2. The van der Waals surface area contributed by atoms with Crippen LogP contribution >= 0.6 is 45.1 Å². The first kappa shape index (κ1) is 33.8. The third kappa shape index (κ3) is 7.24. The Balaban J connectivity index is 1.33. The second-order valence-corrected chi connectivity index (χ2v) is 14.6. The summed E-state index contributed by atoms with van der Waals surface area (Å²) in [5.74, 6) is -1.80. The number of carboxylic acid groups (broad SMARTS) is 2. The van der Waals surface area contributed by atoms with Crippen molar-refractivity contribution in [3.05, 3.63) is 47.5 Å². The van der Waals surface area contributed by atoms with E-state index in [0.717, 1.165) is 0 Å². The van der Waals surface area contributed by atoms with Crippen molar-refractivity contribution < 1.29 is 49.1 Å². The lowest BCUT2D eigenvalue weighted by Gasteiger charge is -2.28. The summed E-state index contributed by atoms with van der Waals surface area (Å²) in [6, 6.07) is 7.66. The Kier molecular flexibility index (Phi) is 11.7. The number of phenols is 2. The second kappa shape index (κ2) is 15.3. The number of nitrogens with zero attached hydrogens (tertiary/aromatic N) is 2. The first-order chi connectivity index (χ1) is 21.1. The molecule has 16 heteroatoms. The van der Waals surface area contributed by atoms with E-state index in [0.29, 0.717) is 22.6 Å². The van der Waals surface area contributed by atoms with Gasteiger partial charge in [0.2, 0.25) is 11.8 Å². The normalized spacial score (nSPS) is 21.3. The maximum absolute atomic E-state index is 13.2. The summed E-state index contributed by atoms with van der Waals surface area (Å²) in [4.78, 5) is 52.9. The smallest absolute Gasteiger partial charge is 0.327 e. The molecule has 12 nitrogen and oxygen atoms in total. The highest BCUT2D eigenvalue weighted by molar-refractivity contribution is 8.76. The van der Waals surface area contributed by atoms with Crippen LogP contribution in [0.4, 0.5) is 0 Å². The van der Waals surface area contributed by atoms with E-state index in [4.69, 9.17) is 9.47 Å². The van der Waals surface area contributed by atoms with Crippen LogP contribution in [0.2, 0.25) is 0 Å². The van der Waals surface area contributed by atoms with E-state index < -0.39 is 34.8 Å². The van der Waals surface area contributed by atoms with Crippen molar-refractivity contribution in [3.63, 3.8) is 0 Å². The molecule has 4 atom stereocenters. The summed E-state index contributed by atoms with van der Waals surface area (Å²) in [5.41, 5.74) is 0.791. The van der Waals surface area contributed by atoms with Crippen LogP contribution in [0.1, 0.15) is 34.7 Å². The van der Waals surface area contributed by atoms with Gasteiger partial charge in [-0.2, -0.15) is 0 Å².